The Kier molecular flexibility index (Phi) is 5.21. The van der Waals surface area contributed by atoms with Gasteiger partial charge in [-0.3, -0.25) is 4.98 Å². The van der Waals surface area contributed by atoms with E-state index < -0.39 is 0 Å². The van der Waals surface area contributed by atoms with Gasteiger partial charge in [0.15, 0.2) is 0 Å². The standard InChI is InChI=1S/C23H22FN5O2/c1-30-19-9-16(24)8-18(10-19)27-17-5-6-20-21(11-17)28-22(13-25-20)15-12-26-29(14-15)23-4-2-3-7-31-23/h5-6,8-14,23,27H,2-4,7H2,1H3. The summed E-state index contributed by atoms with van der Waals surface area (Å²) in [5, 5.41) is 7.66. The van der Waals surface area contributed by atoms with Crippen LogP contribution >= 0.6 is 0 Å². The van der Waals surface area contributed by atoms with Gasteiger partial charge >= 0.3 is 0 Å². The van der Waals surface area contributed by atoms with Crippen molar-refractivity contribution in [2.75, 3.05) is 19.0 Å². The van der Waals surface area contributed by atoms with Crippen molar-refractivity contribution in [3.63, 3.8) is 0 Å². The maximum atomic E-state index is 13.8. The fourth-order valence-corrected chi connectivity index (χ4v) is 3.71. The lowest BCUT2D eigenvalue weighted by molar-refractivity contribution is -0.0394. The number of fused-ring (bicyclic) bond motifs is 1. The third-order valence-corrected chi connectivity index (χ3v) is 5.29. The number of ether oxygens (including phenoxy) is 2. The molecule has 0 radical (unpaired) electrons. The summed E-state index contributed by atoms with van der Waals surface area (Å²) in [6.07, 6.45) is 8.67. The molecule has 1 saturated heterocycles. The van der Waals surface area contributed by atoms with Gasteiger partial charge in [0.25, 0.3) is 0 Å². The number of anilines is 2. The highest BCUT2D eigenvalue weighted by Gasteiger charge is 2.17. The Morgan fingerprint density at radius 2 is 2.03 bits per heavy atom. The van der Waals surface area contributed by atoms with E-state index in [1.165, 1.54) is 19.2 Å². The molecular weight excluding hydrogens is 397 g/mol. The average Bonchev–Trinajstić information content (AvgIpc) is 3.29. The van der Waals surface area contributed by atoms with Gasteiger partial charge < -0.3 is 14.8 Å². The first kappa shape index (κ1) is 19.4. The minimum atomic E-state index is -0.372. The zero-order valence-corrected chi connectivity index (χ0v) is 17.1. The molecule has 31 heavy (non-hydrogen) atoms. The molecule has 1 fully saturated rings. The first-order valence-corrected chi connectivity index (χ1v) is 10.2. The van der Waals surface area contributed by atoms with Crippen LogP contribution in [-0.4, -0.2) is 33.5 Å². The highest BCUT2D eigenvalue weighted by atomic mass is 19.1. The van der Waals surface area contributed by atoms with Crippen LogP contribution in [0.4, 0.5) is 15.8 Å². The van der Waals surface area contributed by atoms with Gasteiger partial charge in [-0.15, -0.1) is 0 Å². The van der Waals surface area contributed by atoms with Crippen molar-refractivity contribution < 1.29 is 13.9 Å². The van der Waals surface area contributed by atoms with Gasteiger partial charge in [-0.05, 0) is 43.5 Å². The van der Waals surface area contributed by atoms with E-state index in [-0.39, 0.29) is 12.0 Å². The molecule has 5 rings (SSSR count). The van der Waals surface area contributed by atoms with Crippen LogP contribution in [0, 0.1) is 5.82 Å². The molecule has 0 saturated carbocycles. The van der Waals surface area contributed by atoms with Crippen LogP contribution in [0.15, 0.2) is 55.0 Å². The summed E-state index contributed by atoms with van der Waals surface area (Å²) in [4.78, 5) is 9.29. The largest absolute Gasteiger partial charge is 0.497 e. The molecule has 2 aromatic heterocycles. The minimum absolute atomic E-state index is 0.0185. The molecule has 1 N–H and O–H groups in total. The van der Waals surface area contributed by atoms with Crippen molar-refractivity contribution in [2.45, 2.75) is 25.5 Å². The van der Waals surface area contributed by atoms with Crippen LogP contribution in [0.2, 0.25) is 0 Å². The Labute approximate surface area is 178 Å². The van der Waals surface area contributed by atoms with E-state index in [9.17, 15) is 4.39 Å². The highest BCUT2D eigenvalue weighted by Crippen LogP contribution is 2.27. The zero-order chi connectivity index (χ0) is 21.2. The van der Waals surface area contributed by atoms with Crippen LogP contribution < -0.4 is 10.1 Å². The lowest BCUT2D eigenvalue weighted by Gasteiger charge is -2.22. The normalized spacial score (nSPS) is 16.4. The van der Waals surface area contributed by atoms with E-state index in [0.717, 1.165) is 53.8 Å². The Morgan fingerprint density at radius 1 is 1.10 bits per heavy atom. The number of nitrogens with one attached hydrogen (secondary N) is 1. The molecule has 1 atom stereocenters. The summed E-state index contributed by atoms with van der Waals surface area (Å²) in [6.45, 7) is 0.766. The molecule has 3 heterocycles. The van der Waals surface area contributed by atoms with Crippen molar-refractivity contribution >= 4 is 22.4 Å². The predicted octanol–water partition coefficient (Wildman–Crippen LogP) is 5.08. The fraction of sp³-hybridized carbons (Fsp3) is 0.261. The molecule has 8 heteroatoms. The number of aromatic nitrogens is 4. The zero-order valence-electron chi connectivity index (χ0n) is 17.1. The van der Waals surface area contributed by atoms with Crippen molar-refractivity contribution in [1.29, 1.82) is 0 Å². The summed E-state index contributed by atoms with van der Waals surface area (Å²) in [7, 11) is 1.51. The maximum Gasteiger partial charge on any atom is 0.150 e. The second kappa shape index (κ2) is 8.31. The summed E-state index contributed by atoms with van der Waals surface area (Å²) in [6, 6.07) is 10.1. The van der Waals surface area contributed by atoms with Crippen LogP contribution in [0.5, 0.6) is 5.75 Å². The van der Waals surface area contributed by atoms with Gasteiger partial charge in [0, 0.05) is 41.9 Å². The molecule has 0 aliphatic carbocycles. The van der Waals surface area contributed by atoms with Gasteiger partial charge in [-0.25, -0.2) is 14.1 Å². The second-order valence-corrected chi connectivity index (χ2v) is 7.49. The number of nitrogens with zero attached hydrogens (tertiary/aromatic N) is 4. The number of rotatable bonds is 5. The lowest BCUT2D eigenvalue weighted by atomic mass is 10.2. The van der Waals surface area contributed by atoms with Crippen LogP contribution in [0.3, 0.4) is 0 Å². The Balaban J connectivity index is 1.42. The molecule has 158 valence electrons. The predicted molar refractivity (Wildman–Crippen MR) is 116 cm³/mol. The van der Waals surface area contributed by atoms with E-state index in [1.54, 1.807) is 18.5 Å². The first-order valence-electron chi connectivity index (χ1n) is 10.2. The smallest absolute Gasteiger partial charge is 0.150 e. The highest BCUT2D eigenvalue weighted by molar-refractivity contribution is 5.81. The van der Waals surface area contributed by atoms with Crippen LogP contribution in [-0.2, 0) is 4.74 Å². The van der Waals surface area contributed by atoms with Crippen molar-refractivity contribution in [2.24, 2.45) is 0 Å². The Bertz CT molecular complexity index is 1220. The van der Waals surface area contributed by atoms with Crippen molar-refractivity contribution in [1.82, 2.24) is 19.7 Å². The molecule has 7 nitrogen and oxygen atoms in total. The number of methoxy groups -OCH3 is 1. The van der Waals surface area contributed by atoms with Gasteiger partial charge in [0.05, 0.1) is 36.2 Å². The quantitative estimate of drug-likeness (QED) is 0.486. The lowest BCUT2D eigenvalue weighted by Crippen LogP contribution is -2.18. The van der Waals surface area contributed by atoms with Crippen LogP contribution in [0.1, 0.15) is 25.5 Å². The van der Waals surface area contributed by atoms with Gasteiger partial charge in [0.2, 0.25) is 0 Å². The van der Waals surface area contributed by atoms with Gasteiger partial charge in [-0.2, -0.15) is 5.10 Å². The molecule has 4 aromatic rings. The summed E-state index contributed by atoms with van der Waals surface area (Å²) >= 11 is 0. The van der Waals surface area contributed by atoms with Gasteiger partial charge in [-0.1, -0.05) is 0 Å². The Morgan fingerprint density at radius 3 is 2.87 bits per heavy atom. The van der Waals surface area contributed by atoms with E-state index in [2.05, 4.69) is 15.4 Å². The summed E-state index contributed by atoms with van der Waals surface area (Å²) < 4.78 is 26.6. The summed E-state index contributed by atoms with van der Waals surface area (Å²) in [5.41, 5.74) is 4.49. The van der Waals surface area contributed by atoms with Gasteiger partial charge in [0.1, 0.15) is 17.8 Å². The average molecular weight is 419 g/mol. The van der Waals surface area contributed by atoms with E-state index in [0.29, 0.717) is 11.4 Å². The second-order valence-electron chi connectivity index (χ2n) is 7.49. The Hall–Kier alpha value is -3.52. The molecule has 1 unspecified atom stereocenters. The third-order valence-electron chi connectivity index (χ3n) is 5.29. The first-order chi connectivity index (χ1) is 15.2. The van der Waals surface area contributed by atoms with E-state index in [1.807, 2.05) is 29.1 Å². The number of hydrogen-bond donors (Lipinski definition) is 1. The van der Waals surface area contributed by atoms with E-state index in [4.69, 9.17) is 14.5 Å². The molecule has 0 spiro atoms. The maximum absolute atomic E-state index is 13.8. The van der Waals surface area contributed by atoms with Crippen molar-refractivity contribution in [3.05, 3.63) is 60.8 Å². The van der Waals surface area contributed by atoms with E-state index >= 15 is 0 Å². The topological polar surface area (TPSA) is 74.1 Å². The molecule has 0 amide bonds. The molecular formula is C23H22FN5O2. The van der Waals surface area contributed by atoms with Crippen LogP contribution in [0.25, 0.3) is 22.3 Å². The minimum Gasteiger partial charge on any atom is -0.497 e. The molecule has 1 aliphatic rings. The fourth-order valence-electron chi connectivity index (χ4n) is 3.71. The third kappa shape index (κ3) is 4.20. The molecule has 1 aliphatic heterocycles. The number of hydrogen-bond acceptors (Lipinski definition) is 6. The molecule has 0 bridgehead atoms. The van der Waals surface area contributed by atoms with Crippen molar-refractivity contribution in [3.8, 4) is 17.0 Å². The SMILES string of the molecule is COc1cc(F)cc(Nc2ccc3ncc(-c4cnn(C5CCCCO5)c4)nc3c2)c1. The number of benzene rings is 2. The molecule has 2 aromatic carbocycles. The number of halogens is 1. The monoisotopic (exact) mass is 419 g/mol. The summed E-state index contributed by atoms with van der Waals surface area (Å²) in [5.74, 6) is 0.0769.